The van der Waals surface area contributed by atoms with Crippen LogP contribution in [0.4, 0.5) is 0 Å². The summed E-state index contributed by atoms with van der Waals surface area (Å²) in [4.78, 5) is 11.0. The average Bonchev–Trinajstić information content (AvgIpc) is 2.34. The Morgan fingerprint density at radius 2 is 2.05 bits per heavy atom. The van der Waals surface area contributed by atoms with E-state index in [-0.39, 0.29) is 11.8 Å². The Balaban J connectivity index is 2.73. The number of aryl methyl sites for hydroxylation is 1. The van der Waals surface area contributed by atoms with Crippen LogP contribution in [0, 0.1) is 12.8 Å². The summed E-state index contributed by atoms with van der Waals surface area (Å²) in [7, 11) is 0. The summed E-state index contributed by atoms with van der Waals surface area (Å²) < 4.78 is 5.71. The van der Waals surface area contributed by atoms with Gasteiger partial charge in [0.1, 0.15) is 5.75 Å². The zero-order valence-corrected chi connectivity index (χ0v) is 12.2. The molecule has 19 heavy (non-hydrogen) atoms. The van der Waals surface area contributed by atoms with Gasteiger partial charge in [-0.25, -0.2) is 0 Å². The van der Waals surface area contributed by atoms with Crippen LogP contribution in [-0.2, 0) is 11.3 Å². The van der Waals surface area contributed by atoms with Gasteiger partial charge >= 0.3 is 0 Å². The molecule has 1 aromatic rings. The van der Waals surface area contributed by atoms with Gasteiger partial charge in [0.25, 0.3) is 0 Å². The second-order valence-corrected chi connectivity index (χ2v) is 5.26. The van der Waals surface area contributed by atoms with Crippen LogP contribution in [0.25, 0.3) is 0 Å². The van der Waals surface area contributed by atoms with Gasteiger partial charge in [-0.1, -0.05) is 38.5 Å². The van der Waals surface area contributed by atoms with Gasteiger partial charge in [-0.3, -0.25) is 4.79 Å². The summed E-state index contributed by atoms with van der Waals surface area (Å²) in [5.74, 6) is 0.188. The Bertz CT molecular complexity index is 430. The SMILES string of the molecule is Cc1ccc(OCC(C)C(N)=O)c(CNC(C)C)c1. The van der Waals surface area contributed by atoms with E-state index in [9.17, 15) is 4.79 Å². The van der Waals surface area contributed by atoms with E-state index >= 15 is 0 Å². The Kier molecular flexibility index (Phi) is 5.83. The van der Waals surface area contributed by atoms with Crippen molar-refractivity contribution < 1.29 is 9.53 Å². The third-order valence-electron chi connectivity index (χ3n) is 2.89. The zero-order chi connectivity index (χ0) is 14.4. The van der Waals surface area contributed by atoms with Gasteiger partial charge < -0.3 is 15.8 Å². The number of ether oxygens (including phenoxy) is 1. The van der Waals surface area contributed by atoms with Crippen molar-refractivity contribution in [2.45, 2.75) is 40.3 Å². The molecule has 0 aliphatic heterocycles. The van der Waals surface area contributed by atoms with Gasteiger partial charge in [-0.2, -0.15) is 0 Å². The largest absolute Gasteiger partial charge is 0.492 e. The van der Waals surface area contributed by atoms with Gasteiger partial charge in [0.15, 0.2) is 0 Å². The molecular weight excluding hydrogens is 240 g/mol. The second kappa shape index (κ2) is 7.14. The quantitative estimate of drug-likeness (QED) is 0.791. The molecule has 0 saturated heterocycles. The summed E-state index contributed by atoms with van der Waals surface area (Å²) >= 11 is 0. The van der Waals surface area contributed by atoms with Crippen molar-refractivity contribution >= 4 is 5.91 Å². The van der Waals surface area contributed by atoms with E-state index in [0.29, 0.717) is 12.6 Å². The molecule has 1 amide bonds. The first-order chi connectivity index (χ1) is 8.90. The average molecular weight is 264 g/mol. The van der Waals surface area contributed by atoms with Crippen LogP contribution in [0.1, 0.15) is 31.9 Å². The minimum absolute atomic E-state index is 0.285. The highest BCUT2D eigenvalue weighted by molar-refractivity contribution is 5.76. The fourth-order valence-corrected chi connectivity index (χ4v) is 1.60. The molecule has 0 aliphatic rings. The predicted octanol–water partition coefficient (Wildman–Crippen LogP) is 1.99. The highest BCUT2D eigenvalue weighted by Gasteiger charge is 2.11. The highest BCUT2D eigenvalue weighted by atomic mass is 16.5. The van der Waals surface area contributed by atoms with Crippen molar-refractivity contribution in [3.05, 3.63) is 29.3 Å². The molecular formula is C15H24N2O2. The van der Waals surface area contributed by atoms with Crippen LogP contribution in [0.2, 0.25) is 0 Å². The Labute approximate surface area is 115 Å². The standard InChI is InChI=1S/C15H24N2O2/c1-10(2)17-8-13-7-11(3)5-6-14(13)19-9-12(4)15(16)18/h5-7,10,12,17H,8-9H2,1-4H3,(H2,16,18). The molecule has 0 saturated carbocycles. The van der Waals surface area contributed by atoms with Crippen LogP contribution >= 0.6 is 0 Å². The van der Waals surface area contributed by atoms with Crippen molar-refractivity contribution in [2.75, 3.05) is 6.61 Å². The molecule has 1 rings (SSSR count). The molecule has 1 unspecified atom stereocenters. The fourth-order valence-electron chi connectivity index (χ4n) is 1.60. The molecule has 0 aliphatic carbocycles. The van der Waals surface area contributed by atoms with Gasteiger partial charge in [0.2, 0.25) is 5.91 Å². The van der Waals surface area contributed by atoms with Crippen LogP contribution in [-0.4, -0.2) is 18.6 Å². The first-order valence-corrected chi connectivity index (χ1v) is 6.65. The lowest BCUT2D eigenvalue weighted by Gasteiger charge is -2.16. The lowest BCUT2D eigenvalue weighted by Crippen LogP contribution is -2.26. The number of hydrogen-bond acceptors (Lipinski definition) is 3. The van der Waals surface area contributed by atoms with E-state index in [1.54, 1.807) is 6.92 Å². The number of nitrogens with two attached hydrogens (primary N) is 1. The number of hydrogen-bond donors (Lipinski definition) is 2. The molecule has 106 valence electrons. The molecule has 4 nitrogen and oxygen atoms in total. The van der Waals surface area contributed by atoms with Gasteiger partial charge in [0.05, 0.1) is 12.5 Å². The van der Waals surface area contributed by atoms with E-state index < -0.39 is 0 Å². The summed E-state index contributed by atoms with van der Waals surface area (Å²) in [6, 6.07) is 6.46. The number of carbonyl (C=O) groups is 1. The summed E-state index contributed by atoms with van der Waals surface area (Å²) in [6.07, 6.45) is 0. The summed E-state index contributed by atoms with van der Waals surface area (Å²) in [5.41, 5.74) is 7.52. The molecule has 1 atom stereocenters. The van der Waals surface area contributed by atoms with Crippen molar-refractivity contribution in [3.8, 4) is 5.75 Å². The predicted molar refractivity (Wildman–Crippen MR) is 77.0 cm³/mol. The molecule has 4 heteroatoms. The lowest BCUT2D eigenvalue weighted by molar-refractivity contribution is -0.122. The number of amides is 1. The number of primary amides is 1. The number of benzene rings is 1. The Morgan fingerprint density at radius 3 is 2.63 bits per heavy atom. The van der Waals surface area contributed by atoms with Crippen molar-refractivity contribution in [1.29, 1.82) is 0 Å². The zero-order valence-electron chi connectivity index (χ0n) is 12.2. The molecule has 0 aromatic heterocycles. The minimum Gasteiger partial charge on any atom is -0.492 e. The highest BCUT2D eigenvalue weighted by Crippen LogP contribution is 2.20. The van der Waals surface area contributed by atoms with Crippen LogP contribution in [0.15, 0.2) is 18.2 Å². The third kappa shape index (κ3) is 5.30. The lowest BCUT2D eigenvalue weighted by atomic mass is 10.1. The number of rotatable bonds is 7. The molecule has 3 N–H and O–H groups in total. The van der Waals surface area contributed by atoms with E-state index in [1.807, 2.05) is 12.1 Å². The van der Waals surface area contributed by atoms with Crippen molar-refractivity contribution in [1.82, 2.24) is 5.32 Å². The monoisotopic (exact) mass is 264 g/mol. The van der Waals surface area contributed by atoms with Gasteiger partial charge in [-0.05, 0) is 13.0 Å². The van der Waals surface area contributed by atoms with Crippen molar-refractivity contribution in [2.24, 2.45) is 11.7 Å². The smallest absolute Gasteiger partial charge is 0.223 e. The molecule has 0 bridgehead atoms. The maximum absolute atomic E-state index is 11.0. The Morgan fingerprint density at radius 1 is 1.37 bits per heavy atom. The van der Waals surface area contributed by atoms with Gasteiger partial charge in [-0.15, -0.1) is 0 Å². The first kappa shape index (κ1) is 15.5. The van der Waals surface area contributed by atoms with E-state index in [1.165, 1.54) is 5.56 Å². The summed E-state index contributed by atoms with van der Waals surface area (Å²) in [5, 5.41) is 3.37. The maximum atomic E-state index is 11.0. The molecule has 0 radical (unpaired) electrons. The van der Waals surface area contributed by atoms with Crippen LogP contribution in [0.5, 0.6) is 5.75 Å². The molecule has 0 fully saturated rings. The van der Waals surface area contributed by atoms with E-state index in [2.05, 4.69) is 32.2 Å². The molecule has 0 spiro atoms. The number of carbonyl (C=O) groups excluding carboxylic acids is 1. The third-order valence-corrected chi connectivity index (χ3v) is 2.89. The van der Waals surface area contributed by atoms with Crippen LogP contribution in [0.3, 0.4) is 0 Å². The van der Waals surface area contributed by atoms with E-state index in [0.717, 1.165) is 17.9 Å². The summed E-state index contributed by atoms with van der Waals surface area (Å²) in [6.45, 7) is 9.08. The minimum atomic E-state index is -0.339. The second-order valence-electron chi connectivity index (χ2n) is 5.26. The number of nitrogens with one attached hydrogen (secondary N) is 1. The molecule has 0 heterocycles. The van der Waals surface area contributed by atoms with Crippen molar-refractivity contribution in [3.63, 3.8) is 0 Å². The Hall–Kier alpha value is -1.55. The maximum Gasteiger partial charge on any atom is 0.223 e. The normalized spacial score (nSPS) is 12.5. The van der Waals surface area contributed by atoms with E-state index in [4.69, 9.17) is 10.5 Å². The molecule has 1 aromatic carbocycles. The topological polar surface area (TPSA) is 64.3 Å². The fraction of sp³-hybridized carbons (Fsp3) is 0.533. The first-order valence-electron chi connectivity index (χ1n) is 6.65. The van der Waals surface area contributed by atoms with Crippen LogP contribution < -0.4 is 15.8 Å². The van der Waals surface area contributed by atoms with Gasteiger partial charge in [0, 0.05) is 18.2 Å².